The maximum atomic E-state index is 11.9. The van der Waals surface area contributed by atoms with Crippen LogP contribution in [0.25, 0.3) is 11.1 Å². The number of nitrogens with zero attached hydrogens (tertiary/aromatic N) is 3. The molecule has 0 radical (unpaired) electrons. The zero-order chi connectivity index (χ0) is 29.7. The molecule has 13 heteroatoms. The van der Waals surface area contributed by atoms with Crippen LogP contribution in [0.1, 0.15) is 36.2 Å². The summed E-state index contributed by atoms with van der Waals surface area (Å²) in [4.78, 5) is 31.4. The molecule has 0 saturated carbocycles. The molecule has 1 heterocycles. The molecule has 1 unspecified atom stereocenters. The third-order valence-electron chi connectivity index (χ3n) is 6.54. The summed E-state index contributed by atoms with van der Waals surface area (Å²) < 4.78 is 28.0. The van der Waals surface area contributed by atoms with Gasteiger partial charge in [-0.05, 0) is 61.6 Å². The number of hydrogen-bond acceptors (Lipinski definition) is 7. The molecule has 1 atom stereocenters. The average Bonchev–Trinajstić information content (AvgIpc) is 3.25. The van der Waals surface area contributed by atoms with Crippen LogP contribution in [0.2, 0.25) is 0 Å². The molecule has 216 valence electrons. The minimum absolute atomic E-state index is 0.125. The van der Waals surface area contributed by atoms with Crippen molar-refractivity contribution in [2.75, 3.05) is 33.8 Å². The van der Waals surface area contributed by atoms with E-state index < -0.39 is 30.3 Å². The second-order valence-electron chi connectivity index (χ2n) is 8.98. The van der Waals surface area contributed by atoms with Crippen LogP contribution in [0, 0.1) is 11.3 Å². The molecule has 0 spiro atoms. The van der Waals surface area contributed by atoms with Crippen LogP contribution < -0.4 is 4.74 Å². The van der Waals surface area contributed by atoms with E-state index in [1.54, 1.807) is 30.3 Å². The average molecular weight is 610 g/mol. The molecule has 0 saturated heterocycles. The highest BCUT2D eigenvalue weighted by Gasteiger charge is 2.43. The number of phosphoric acid groups is 1. The van der Waals surface area contributed by atoms with Crippen molar-refractivity contribution in [3.8, 4) is 22.9 Å². The van der Waals surface area contributed by atoms with Gasteiger partial charge in [0.05, 0.1) is 15.5 Å². The fourth-order valence-corrected chi connectivity index (χ4v) is 9.81. The van der Waals surface area contributed by atoms with Gasteiger partial charge in [0.2, 0.25) is 0 Å². The van der Waals surface area contributed by atoms with Crippen LogP contribution in [-0.2, 0) is 9.09 Å². The lowest BCUT2D eigenvalue weighted by Crippen LogP contribution is -2.37. The number of carboxylic acids is 1. The van der Waals surface area contributed by atoms with Gasteiger partial charge in [-0.2, -0.15) is 5.26 Å². The number of hydrogen-bond donors (Lipinski definition) is 3. The topological polar surface area (TPSA) is 144 Å². The van der Waals surface area contributed by atoms with E-state index in [4.69, 9.17) is 26.0 Å². The number of carbonyl (C=O) groups is 1. The smallest absolute Gasteiger partial charge is 0.469 e. The van der Waals surface area contributed by atoms with Crippen LogP contribution in [0.4, 0.5) is 0 Å². The highest BCUT2D eigenvalue weighted by molar-refractivity contribution is 8.37. The molecule has 40 heavy (non-hydrogen) atoms. The maximum absolute atomic E-state index is 11.9. The van der Waals surface area contributed by atoms with Gasteiger partial charge < -0.3 is 19.6 Å². The van der Waals surface area contributed by atoms with Gasteiger partial charge in [0.25, 0.3) is 0 Å². The summed E-state index contributed by atoms with van der Waals surface area (Å²) >= 11 is 6.78. The first kappa shape index (κ1) is 31.9. The molecule has 3 rings (SSSR count). The summed E-state index contributed by atoms with van der Waals surface area (Å²) in [5, 5.41) is 18.8. The fourth-order valence-electron chi connectivity index (χ4n) is 4.41. The highest BCUT2D eigenvalue weighted by Crippen LogP contribution is 2.70. The number of benzene rings is 2. The number of phosphoric ester groups is 1. The van der Waals surface area contributed by atoms with Gasteiger partial charge in [0.15, 0.2) is 0 Å². The number of ether oxygens (including phenoxy) is 1. The maximum Gasteiger partial charge on any atom is 0.469 e. The Morgan fingerprint density at radius 1 is 1.07 bits per heavy atom. The lowest BCUT2D eigenvalue weighted by molar-refractivity contribution is 0.0696. The quantitative estimate of drug-likeness (QED) is 0.242. The van der Waals surface area contributed by atoms with Crippen LogP contribution in [0.5, 0.6) is 5.75 Å². The van der Waals surface area contributed by atoms with Crippen molar-refractivity contribution in [2.45, 2.75) is 26.4 Å². The molecule has 1 aliphatic rings. The summed E-state index contributed by atoms with van der Waals surface area (Å²) in [6.07, 6.45) is 2.75. The zero-order valence-electron chi connectivity index (χ0n) is 22.7. The summed E-state index contributed by atoms with van der Waals surface area (Å²) in [5.41, 5.74) is 1.74. The summed E-state index contributed by atoms with van der Waals surface area (Å²) in [5.74, 6) is -0.838. The van der Waals surface area contributed by atoms with Crippen molar-refractivity contribution in [3.63, 3.8) is 0 Å². The monoisotopic (exact) mass is 609 g/mol. The Kier molecular flexibility index (Phi) is 10.6. The molecule has 2 aromatic carbocycles. The Morgan fingerprint density at radius 3 is 2.20 bits per heavy atom. The molecule has 3 N–H and O–H groups in total. The Hall–Kier alpha value is -2.65. The van der Waals surface area contributed by atoms with Gasteiger partial charge in [-0.3, -0.25) is 13.1 Å². The molecule has 10 nitrogen and oxygen atoms in total. The minimum atomic E-state index is -4.90. The molecule has 2 aromatic rings. The van der Waals surface area contributed by atoms with E-state index in [-0.39, 0.29) is 29.9 Å². The van der Waals surface area contributed by atoms with Crippen LogP contribution in [-0.4, -0.2) is 69.4 Å². The molecule has 0 aliphatic carbocycles. The molecule has 0 amide bonds. The van der Waals surface area contributed by atoms with E-state index in [9.17, 15) is 24.4 Å². The first-order valence-electron chi connectivity index (χ1n) is 12.4. The summed E-state index contributed by atoms with van der Waals surface area (Å²) in [7, 11) is -2.94. The zero-order valence-corrected chi connectivity index (χ0v) is 25.1. The highest BCUT2D eigenvalue weighted by atomic mass is 35.5. The van der Waals surface area contributed by atoms with Crippen molar-refractivity contribution < 1.29 is 33.5 Å². The second kappa shape index (κ2) is 13.3. The molecular weight excluding hydrogens is 577 g/mol. The van der Waals surface area contributed by atoms with E-state index in [0.29, 0.717) is 28.6 Å². The van der Waals surface area contributed by atoms with Gasteiger partial charge in [-0.15, -0.1) is 0 Å². The van der Waals surface area contributed by atoms with Crippen molar-refractivity contribution >= 4 is 35.8 Å². The van der Waals surface area contributed by atoms with Gasteiger partial charge in [0, 0.05) is 24.4 Å². The van der Waals surface area contributed by atoms with Gasteiger partial charge in [0.1, 0.15) is 24.5 Å². The molecule has 0 bridgehead atoms. The van der Waals surface area contributed by atoms with Gasteiger partial charge >= 0.3 is 13.8 Å². The van der Waals surface area contributed by atoms with E-state index in [2.05, 4.69) is 14.7 Å². The summed E-state index contributed by atoms with van der Waals surface area (Å²) in [6, 6.07) is 13.2. The molecule has 0 aromatic heterocycles. The number of aromatic carboxylic acids is 1. The SMILES string of the molecule is CCN(C)S1(N(C)CC)C(Cl)=CC=C1CC(COc1cc(-c2ccc(C(=O)O)cc2)ccc1C#N)OP(=O)(O)O. The number of halogens is 1. The van der Waals surface area contributed by atoms with Gasteiger partial charge in [-0.25, -0.2) is 9.36 Å². The Balaban J connectivity index is 1.91. The van der Waals surface area contributed by atoms with Crippen molar-refractivity contribution in [2.24, 2.45) is 0 Å². The van der Waals surface area contributed by atoms with Crippen molar-refractivity contribution in [1.82, 2.24) is 8.61 Å². The Labute approximate surface area is 240 Å². The van der Waals surface area contributed by atoms with E-state index in [1.165, 1.54) is 12.1 Å². The molecule has 1 aliphatic heterocycles. The lowest BCUT2D eigenvalue weighted by atomic mass is 10.0. The standard InChI is InChI=1S/C27H33ClN3O7PS/c1-5-30(3)40(31(4)6-2)24(13-14-26(40)28)16-23(38-39(34,35)36)18-37-25-15-21(11-12-22(25)17-29)19-7-9-20(10-8-19)27(32)33/h7-15,23H,5-6,16,18H2,1-4H3,(H,32,33)(H2,34,35,36). The Morgan fingerprint density at radius 2 is 1.68 bits per heavy atom. The Bertz CT molecular complexity index is 1380. The van der Waals surface area contributed by atoms with Crippen LogP contribution >= 0.6 is 29.8 Å². The summed E-state index contributed by atoms with van der Waals surface area (Å²) in [6.45, 7) is 5.14. The number of rotatable bonds is 13. The predicted octanol–water partition coefficient (Wildman–Crippen LogP) is 5.69. The predicted molar refractivity (Wildman–Crippen MR) is 157 cm³/mol. The van der Waals surface area contributed by atoms with Crippen molar-refractivity contribution in [1.29, 1.82) is 5.26 Å². The normalized spacial score (nSPS) is 16.3. The number of nitriles is 1. The van der Waals surface area contributed by atoms with E-state index >= 15 is 0 Å². The second-order valence-corrected chi connectivity index (χ2v) is 14.1. The van der Waals surface area contributed by atoms with E-state index in [1.807, 2.05) is 40.1 Å². The van der Waals surface area contributed by atoms with Crippen LogP contribution in [0.15, 0.2) is 63.9 Å². The third kappa shape index (κ3) is 6.97. The van der Waals surface area contributed by atoms with E-state index in [0.717, 1.165) is 4.91 Å². The molecular formula is C27H33ClN3O7PS. The largest absolute Gasteiger partial charge is 0.489 e. The first-order valence-corrected chi connectivity index (χ1v) is 15.9. The third-order valence-corrected chi connectivity index (χ3v) is 11.9. The number of allylic oxidation sites excluding steroid dienone is 2. The van der Waals surface area contributed by atoms with Gasteiger partial charge in [-0.1, -0.05) is 54.0 Å². The lowest BCUT2D eigenvalue weighted by Gasteiger charge is -2.52. The number of carboxylic acid groups (broad SMARTS) is 1. The first-order chi connectivity index (χ1) is 18.9. The minimum Gasteiger partial charge on any atom is -0.489 e. The van der Waals surface area contributed by atoms with Crippen molar-refractivity contribution in [3.05, 3.63) is 75.0 Å². The molecule has 0 fully saturated rings. The van der Waals surface area contributed by atoms with Crippen LogP contribution in [0.3, 0.4) is 0 Å². The fraction of sp³-hybridized carbons (Fsp3) is 0.333.